The first-order valence-electron chi connectivity index (χ1n) is 6.95. The Balaban J connectivity index is 1.58. The molecule has 0 saturated carbocycles. The summed E-state index contributed by atoms with van der Waals surface area (Å²) in [6.45, 7) is 3.08. The molecule has 0 radical (unpaired) electrons. The molecule has 0 bridgehead atoms. The van der Waals surface area contributed by atoms with E-state index in [-0.39, 0.29) is 0 Å². The zero-order chi connectivity index (χ0) is 14.5. The van der Waals surface area contributed by atoms with Crippen LogP contribution in [0.3, 0.4) is 0 Å². The fourth-order valence-electron chi connectivity index (χ4n) is 2.13. The minimum Gasteiger partial charge on any atom is -0.356 e. The molecule has 0 aliphatic carbocycles. The molecule has 4 nitrogen and oxygen atoms in total. The SMILES string of the molecule is CCn1ccnc1CSCc1cc(-c2ccccc2)on1. The zero-order valence-corrected chi connectivity index (χ0v) is 12.7. The number of aromatic nitrogens is 3. The average Bonchev–Trinajstić information content (AvgIpc) is 3.17. The van der Waals surface area contributed by atoms with Gasteiger partial charge in [-0.3, -0.25) is 0 Å². The van der Waals surface area contributed by atoms with Gasteiger partial charge in [0, 0.05) is 36.3 Å². The summed E-state index contributed by atoms with van der Waals surface area (Å²) in [5.41, 5.74) is 2.02. The highest BCUT2D eigenvalue weighted by Gasteiger charge is 2.07. The lowest BCUT2D eigenvalue weighted by Crippen LogP contribution is -1.99. The summed E-state index contributed by atoms with van der Waals surface area (Å²) in [7, 11) is 0. The zero-order valence-electron chi connectivity index (χ0n) is 11.9. The van der Waals surface area contributed by atoms with Gasteiger partial charge < -0.3 is 9.09 Å². The molecule has 108 valence electrons. The topological polar surface area (TPSA) is 43.9 Å². The van der Waals surface area contributed by atoms with E-state index < -0.39 is 0 Å². The fraction of sp³-hybridized carbons (Fsp3) is 0.250. The maximum Gasteiger partial charge on any atom is 0.167 e. The molecule has 0 saturated heterocycles. The number of benzene rings is 1. The van der Waals surface area contributed by atoms with Crippen molar-refractivity contribution in [2.24, 2.45) is 0 Å². The van der Waals surface area contributed by atoms with E-state index in [4.69, 9.17) is 4.52 Å². The van der Waals surface area contributed by atoms with Gasteiger partial charge in [-0.05, 0) is 6.92 Å². The van der Waals surface area contributed by atoms with E-state index in [1.54, 1.807) is 11.8 Å². The molecular weight excluding hydrogens is 282 g/mol. The first-order chi connectivity index (χ1) is 10.4. The summed E-state index contributed by atoms with van der Waals surface area (Å²) < 4.78 is 7.56. The van der Waals surface area contributed by atoms with Crippen molar-refractivity contribution in [3.8, 4) is 11.3 Å². The first kappa shape index (κ1) is 13.9. The van der Waals surface area contributed by atoms with Gasteiger partial charge in [0.1, 0.15) is 5.82 Å². The summed E-state index contributed by atoms with van der Waals surface area (Å²) in [6.07, 6.45) is 3.86. The molecule has 0 aliphatic heterocycles. The second-order valence-corrected chi connectivity index (χ2v) is 5.66. The number of rotatable bonds is 6. The van der Waals surface area contributed by atoms with Crippen molar-refractivity contribution in [2.45, 2.75) is 25.0 Å². The third-order valence-electron chi connectivity index (χ3n) is 3.24. The third kappa shape index (κ3) is 3.36. The van der Waals surface area contributed by atoms with Crippen LogP contribution in [-0.4, -0.2) is 14.7 Å². The molecule has 0 spiro atoms. The minimum atomic E-state index is 0.821. The lowest BCUT2D eigenvalue weighted by molar-refractivity contribution is 0.426. The molecule has 0 amide bonds. The summed E-state index contributed by atoms with van der Waals surface area (Å²) in [6, 6.07) is 12.0. The Hall–Kier alpha value is -2.01. The van der Waals surface area contributed by atoms with Gasteiger partial charge in [-0.25, -0.2) is 4.98 Å². The molecule has 0 atom stereocenters. The number of thioether (sulfide) groups is 1. The van der Waals surface area contributed by atoms with Crippen LogP contribution in [0.1, 0.15) is 18.4 Å². The van der Waals surface area contributed by atoms with E-state index in [1.807, 2.05) is 48.8 Å². The highest BCUT2D eigenvalue weighted by Crippen LogP contribution is 2.23. The molecule has 0 fully saturated rings. The predicted octanol–water partition coefficient (Wildman–Crippen LogP) is 3.99. The number of imidazole rings is 1. The Morgan fingerprint density at radius 2 is 2.05 bits per heavy atom. The Morgan fingerprint density at radius 3 is 2.86 bits per heavy atom. The van der Waals surface area contributed by atoms with Crippen LogP contribution < -0.4 is 0 Å². The molecule has 0 aliphatic rings. The van der Waals surface area contributed by atoms with Crippen LogP contribution >= 0.6 is 11.8 Å². The van der Waals surface area contributed by atoms with Gasteiger partial charge in [0.15, 0.2) is 5.76 Å². The average molecular weight is 299 g/mol. The van der Waals surface area contributed by atoms with E-state index in [2.05, 4.69) is 21.6 Å². The van der Waals surface area contributed by atoms with Crippen molar-refractivity contribution in [3.63, 3.8) is 0 Å². The van der Waals surface area contributed by atoms with Crippen LogP contribution in [0.15, 0.2) is 53.3 Å². The molecule has 3 aromatic rings. The third-order valence-corrected chi connectivity index (χ3v) is 4.20. The van der Waals surface area contributed by atoms with Gasteiger partial charge in [0.25, 0.3) is 0 Å². The number of nitrogens with zero attached hydrogens (tertiary/aromatic N) is 3. The monoisotopic (exact) mass is 299 g/mol. The van der Waals surface area contributed by atoms with Gasteiger partial charge in [0.05, 0.1) is 11.4 Å². The molecule has 2 heterocycles. The summed E-state index contributed by atoms with van der Waals surface area (Å²) >= 11 is 1.80. The molecule has 0 N–H and O–H groups in total. The fourth-order valence-corrected chi connectivity index (χ4v) is 3.00. The van der Waals surface area contributed by atoms with Gasteiger partial charge >= 0.3 is 0 Å². The summed E-state index contributed by atoms with van der Waals surface area (Å²) in [5, 5.41) is 4.13. The Bertz CT molecular complexity index is 690. The van der Waals surface area contributed by atoms with Crippen LogP contribution in [0.25, 0.3) is 11.3 Å². The molecule has 0 unspecified atom stereocenters. The Kier molecular flexibility index (Phi) is 4.40. The van der Waals surface area contributed by atoms with Crippen LogP contribution in [0, 0.1) is 0 Å². The Labute approximate surface area is 128 Å². The molecule has 5 heteroatoms. The second-order valence-electron chi connectivity index (χ2n) is 4.67. The van der Waals surface area contributed by atoms with Gasteiger partial charge in [-0.1, -0.05) is 35.5 Å². The summed E-state index contributed by atoms with van der Waals surface area (Å²) in [5.74, 6) is 3.64. The van der Waals surface area contributed by atoms with Crippen molar-refractivity contribution >= 4 is 11.8 Å². The summed E-state index contributed by atoms with van der Waals surface area (Å²) in [4.78, 5) is 4.37. The maximum absolute atomic E-state index is 5.40. The highest BCUT2D eigenvalue weighted by atomic mass is 32.2. The van der Waals surface area contributed by atoms with Crippen molar-refractivity contribution < 1.29 is 4.52 Å². The molecule has 21 heavy (non-hydrogen) atoms. The van der Waals surface area contributed by atoms with E-state index in [9.17, 15) is 0 Å². The molecule has 3 rings (SSSR count). The van der Waals surface area contributed by atoms with Gasteiger partial charge in [0.2, 0.25) is 0 Å². The standard InChI is InChI=1S/C16H17N3OS/c1-2-19-9-8-17-16(19)12-21-11-14-10-15(20-18-14)13-6-4-3-5-7-13/h3-10H,2,11-12H2,1H3. The van der Waals surface area contributed by atoms with Gasteiger partial charge in [-0.2, -0.15) is 0 Å². The van der Waals surface area contributed by atoms with E-state index in [0.29, 0.717) is 0 Å². The van der Waals surface area contributed by atoms with Crippen LogP contribution in [-0.2, 0) is 18.1 Å². The smallest absolute Gasteiger partial charge is 0.167 e. The van der Waals surface area contributed by atoms with E-state index in [0.717, 1.165) is 40.9 Å². The van der Waals surface area contributed by atoms with Gasteiger partial charge in [-0.15, -0.1) is 11.8 Å². The number of aryl methyl sites for hydroxylation is 1. The Morgan fingerprint density at radius 1 is 1.19 bits per heavy atom. The molecule has 1 aromatic carbocycles. The molecule has 2 aromatic heterocycles. The van der Waals surface area contributed by atoms with Crippen molar-refractivity contribution in [3.05, 3.63) is 60.3 Å². The normalized spacial score (nSPS) is 10.9. The van der Waals surface area contributed by atoms with E-state index in [1.165, 1.54) is 0 Å². The maximum atomic E-state index is 5.40. The van der Waals surface area contributed by atoms with E-state index >= 15 is 0 Å². The number of hydrogen-bond donors (Lipinski definition) is 0. The second kappa shape index (κ2) is 6.63. The molecular formula is C16H17N3OS. The number of hydrogen-bond acceptors (Lipinski definition) is 4. The largest absolute Gasteiger partial charge is 0.356 e. The van der Waals surface area contributed by atoms with Crippen LogP contribution in [0.5, 0.6) is 0 Å². The quantitative estimate of drug-likeness (QED) is 0.690. The van der Waals surface area contributed by atoms with Crippen molar-refractivity contribution in [1.29, 1.82) is 0 Å². The van der Waals surface area contributed by atoms with Crippen molar-refractivity contribution in [2.75, 3.05) is 0 Å². The lowest BCUT2D eigenvalue weighted by atomic mass is 10.2. The highest BCUT2D eigenvalue weighted by molar-refractivity contribution is 7.97. The van der Waals surface area contributed by atoms with Crippen LogP contribution in [0.4, 0.5) is 0 Å². The van der Waals surface area contributed by atoms with Crippen molar-refractivity contribution in [1.82, 2.24) is 14.7 Å². The minimum absolute atomic E-state index is 0.821. The van der Waals surface area contributed by atoms with Crippen LogP contribution in [0.2, 0.25) is 0 Å². The predicted molar refractivity (Wildman–Crippen MR) is 84.8 cm³/mol. The first-order valence-corrected chi connectivity index (χ1v) is 8.11. The lowest BCUT2D eigenvalue weighted by Gasteiger charge is -2.03.